The number of oxazole rings is 1. The Labute approximate surface area is 142 Å². The minimum atomic E-state index is -1.61. The minimum Gasteiger partial charge on any atom is -0.497 e. The molecule has 7 heteroatoms. The van der Waals surface area contributed by atoms with Crippen LogP contribution in [0.2, 0.25) is 0 Å². The zero-order chi connectivity index (χ0) is 17.8. The Bertz CT molecular complexity index is 901. The average Bonchev–Trinajstić information content (AvgIpc) is 3.06. The number of amides is 1. The molecule has 0 aliphatic heterocycles. The summed E-state index contributed by atoms with van der Waals surface area (Å²) in [5.74, 6) is -1.90. The van der Waals surface area contributed by atoms with Crippen LogP contribution in [0.1, 0.15) is 0 Å². The fourth-order valence-corrected chi connectivity index (χ4v) is 2.21. The van der Waals surface area contributed by atoms with Crippen LogP contribution in [-0.4, -0.2) is 29.1 Å². The van der Waals surface area contributed by atoms with Crippen molar-refractivity contribution in [2.24, 2.45) is 0 Å². The molecule has 0 unspecified atom stereocenters. The third-order valence-electron chi connectivity index (χ3n) is 3.43. The number of aliphatic carboxylic acids is 1. The molecule has 0 fully saturated rings. The van der Waals surface area contributed by atoms with Gasteiger partial charge in [-0.05, 0) is 24.3 Å². The van der Waals surface area contributed by atoms with Crippen molar-refractivity contribution in [3.05, 3.63) is 54.6 Å². The van der Waals surface area contributed by atoms with E-state index >= 15 is 0 Å². The molecule has 2 N–H and O–H groups in total. The zero-order valence-electron chi connectivity index (χ0n) is 13.2. The molecule has 126 valence electrons. The number of anilines is 1. The van der Waals surface area contributed by atoms with Gasteiger partial charge in [0.25, 0.3) is 0 Å². The quantitative estimate of drug-likeness (QED) is 0.709. The summed E-state index contributed by atoms with van der Waals surface area (Å²) in [5.41, 5.74) is 1.70. The summed E-state index contributed by atoms with van der Waals surface area (Å²) >= 11 is 0. The molecule has 0 bridgehead atoms. The van der Waals surface area contributed by atoms with Gasteiger partial charge in [-0.2, -0.15) is 0 Å². The van der Waals surface area contributed by atoms with Crippen molar-refractivity contribution in [2.75, 3.05) is 12.4 Å². The Kier molecular flexibility index (Phi) is 4.47. The summed E-state index contributed by atoms with van der Waals surface area (Å²) < 4.78 is 10.7. The third-order valence-corrected chi connectivity index (χ3v) is 3.43. The molecule has 1 amide bonds. The highest BCUT2D eigenvalue weighted by atomic mass is 16.5. The van der Waals surface area contributed by atoms with Crippen molar-refractivity contribution in [3.8, 4) is 28.5 Å². The van der Waals surface area contributed by atoms with E-state index in [0.29, 0.717) is 22.6 Å². The Morgan fingerprint density at radius 1 is 1.04 bits per heavy atom. The molecular formula is C18H14N2O5. The van der Waals surface area contributed by atoms with Gasteiger partial charge in [-0.1, -0.05) is 30.3 Å². The van der Waals surface area contributed by atoms with E-state index < -0.39 is 11.9 Å². The fourth-order valence-electron chi connectivity index (χ4n) is 2.21. The van der Waals surface area contributed by atoms with Crippen LogP contribution in [0.3, 0.4) is 0 Å². The molecule has 0 saturated carbocycles. The van der Waals surface area contributed by atoms with Crippen LogP contribution in [0.25, 0.3) is 22.7 Å². The van der Waals surface area contributed by atoms with Gasteiger partial charge in [0.1, 0.15) is 11.4 Å². The third kappa shape index (κ3) is 3.50. The lowest BCUT2D eigenvalue weighted by atomic mass is 10.1. The van der Waals surface area contributed by atoms with Gasteiger partial charge in [0.05, 0.1) is 7.11 Å². The molecule has 0 spiro atoms. The Balaban J connectivity index is 2.04. The monoisotopic (exact) mass is 338 g/mol. The number of hydrogen-bond acceptors (Lipinski definition) is 5. The van der Waals surface area contributed by atoms with Gasteiger partial charge in [0.2, 0.25) is 11.8 Å². The molecule has 2 aromatic carbocycles. The molecule has 1 heterocycles. The van der Waals surface area contributed by atoms with Gasteiger partial charge in [0.15, 0.2) is 0 Å². The second-order valence-corrected chi connectivity index (χ2v) is 5.05. The van der Waals surface area contributed by atoms with Crippen molar-refractivity contribution >= 4 is 17.8 Å². The van der Waals surface area contributed by atoms with Gasteiger partial charge >= 0.3 is 11.9 Å². The van der Waals surface area contributed by atoms with Crippen LogP contribution >= 0.6 is 0 Å². The number of carbonyl (C=O) groups is 2. The Hall–Kier alpha value is -3.61. The summed E-state index contributed by atoms with van der Waals surface area (Å²) in [6.45, 7) is 0. The van der Waals surface area contributed by atoms with Gasteiger partial charge in [-0.3, -0.25) is 10.1 Å². The maximum Gasteiger partial charge on any atom is 0.394 e. The average molecular weight is 338 g/mol. The standard InChI is InChI=1S/C18H14N2O5/c1-24-13-9-7-12(8-10-13)16-19-14(11-5-3-2-4-6-11)17(25-16)20-15(21)18(22)23/h2-10H,1H3,(H,20,21)(H,22,23). The molecule has 0 aliphatic carbocycles. The highest BCUT2D eigenvalue weighted by Crippen LogP contribution is 2.33. The van der Waals surface area contributed by atoms with E-state index in [-0.39, 0.29) is 11.8 Å². The van der Waals surface area contributed by atoms with E-state index in [1.165, 1.54) is 0 Å². The number of nitrogens with one attached hydrogen (secondary N) is 1. The van der Waals surface area contributed by atoms with Crippen molar-refractivity contribution in [1.82, 2.24) is 4.98 Å². The number of methoxy groups -OCH3 is 1. The lowest BCUT2D eigenvalue weighted by Gasteiger charge is -2.01. The first-order valence-electron chi connectivity index (χ1n) is 7.33. The molecule has 0 saturated heterocycles. The van der Waals surface area contributed by atoms with Crippen LogP contribution in [-0.2, 0) is 9.59 Å². The minimum absolute atomic E-state index is 0.0237. The highest BCUT2D eigenvalue weighted by Gasteiger charge is 2.21. The number of ether oxygens (including phenoxy) is 1. The SMILES string of the molecule is COc1ccc(-c2nc(-c3ccccc3)c(NC(=O)C(=O)O)o2)cc1. The number of rotatable bonds is 4. The van der Waals surface area contributed by atoms with E-state index in [4.69, 9.17) is 14.3 Å². The van der Waals surface area contributed by atoms with Crippen LogP contribution in [0.15, 0.2) is 59.0 Å². The number of carbonyl (C=O) groups excluding carboxylic acids is 1. The van der Waals surface area contributed by atoms with Crippen LogP contribution in [0, 0.1) is 0 Å². The number of aromatic nitrogens is 1. The van der Waals surface area contributed by atoms with Crippen molar-refractivity contribution in [1.29, 1.82) is 0 Å². The predicted molar refractivity (Wildman–Crippen MR) is 90.2 cm³/mol. The Morgan fingerprint density at radius 2 is 1.72 bits per heavy atom. The van der Waals surface area contributed by atoms with Crippen molar-refractivity contribution in [3.63, 3.8) is 0 Å². The molecule has 3 aromatic rings. The second kappa shape index (κ2) is 6.88. The fraction of sp³-hybridized carbons (Fsp3) is 0.0556. The summed E-state index contributed by atoms with van der Waals surface area (Å²) in [7, 11) is 1.56. The molecule has 0 aliphatic rings. The lowest BCUT2D eigenvalue weighted by Crippen LogP contribution is -2.21. The first-order chi connectivity index (χ1) is 12.1. The van der Waals surface area contributed by atoms with Crippen LogP contribution < -0.4 is 10.1 Å². The van der Waals surface area contributed by atoms with E-state index in [0.717, 1.165) is 0 Å². The summed E-state index contributed by atoms with van der Waals surface area (Å²) in [4.78, 5) is 26.7. The Morgan fingerprint density at radius 3 is 2.32 bits per heavy atom. The van der Waals surface area contributed by atoms with Gasteiger partial charge in [-0.15, -0.1) is 0 Å². The maximum atomic E-state index is 11.5. The zero-order valence-corrected chi connectivity index (χ0v) is 13.2. The molecular weight excluding hydrogens is 324 g/mol. The molecule has 0 radical (unpaired) electrons. The normalized spacial score (nSPS) is 10.3. The van der Waals surface area contributed by atoms with Crippen LogP contribution in [0.4, 0.5) is 5.88 Å². The summed E-state index contributed by atoms with van der Waals surface area (Å²) in [6.07, 6.45) is 0. The first-order valence-corrected chi connectivity index (χ1v) is 7.33. The van der Waals surface area contributed by atoms with Crippen LogP contribution in [0.5, 0.6) is 5.75 Å². The van der Waals surface area contributed by atoms with E-state index in [9.17, 15) is 9.59 Å². The first kappa shape index (κ1) is 16.3. The summed E-state index contributed by atoms with van der Waals surface area (Å²) in [6, 6.07) is 16.0. The topological polar surface area (TPSA) is 102 Å². The van der Waals surface area contributed by atoms with E-state index in [2.05, 4.69) is 10.3 Å². The highest BCUT2D eigenvalue weighted by molar-refractivity contribution is 6.36. The molecule has 25 heavy (non-hydrogen) atoms. The van der Waals surface area contributed by atoms with Crippen molar-refractivity contribution < 1.29 is 23.8 Å². The smallest absolute Gasteiger partial charge is 0.394 e. The molecule has 3 rings (SSSR count). The molecule has 0 atom stereocenters. The molecule has 7 nitrogen and oxygen atoms in total. The van der Waals surface area contributed by atoms with E-state index in [1.54, 1.807) is 55.6 Å². The summed E-state index contributed by atoms with van der Waals surface area (Å²) in [5, 5.41) is 11.0. The number of hydrogen-bond donors (Lipinski definition) is 2. The second-order valence-electron chi connectivity index (χ2n) is 5.05. The van der Waals surface area contributed by atoms with Gasteiger partial charge in [-0.25, -0.2) is 9.78 Å². The number of benzene rings is 2. The number of carboxylic acid groups (broad SMARTS) is 1. The predicted octanol–water partition coefficient (Wildman–Crippen LogP) is 3.04. The van der Waals surface area contributed by atoms with E-state index in [1.807, 2.05) is 6.07 Å². The van der Waals surface area contributed by atoms with Gasteiger partial charge in [0, 0.05) is 11.1 Å². The largest absolute Gasteiger partial charge is 0.497 e. The maximum absolute atomic E-state index is 11.5. The van der Waals surface area contributed by atoms with Gasteiger partial charge < -0.3 is 14.3 Å². The van der Waals surface area contributed by atoms with Crippen molar-refractivity contribution in [2.45, 2.75) is 0 Å². The lowest BCUT2D eigenvalue weighted by molar-refractivity contribution is -0.147. The number of nitrogens with zero attached hydrogens (tertiary/aromatic N) is 1. The molecule has 1 aromatic heterocycles. The number of carboxylic acids is 1.